The van der Waals surface area contributed by atoms with Crippen molar-refractivity contribution in [2.24, 2.45) is 23.2 Å². The van der Waals surface area contributed by atoms with E-state index in [1.807, 2.05) is 0 Å². The zero-order valence-electron chi connectivity index (χ0n) is 13.6. The summed E-state index contributed by atoms with van der Waals surface area (Å²) >= 11 is 0. The third-order valence-electron chi connectivity index (χ3n) is 6.31. The van der Waals surface area contributed by atoms with Crippen LogP contribution in [-0.4, -0.2) is 5.91 Å². The Morgan fingerprint density at radius 2 is 1.59 bits per heavy atom. The van der Waals surface area contributed by atoms with Crippen LogP contribution in [0.4, 0.5) is 0 Å². The van der Waals surface area contributed by atoms with E-state index in [1.54, 1.807) is 0 Å². The van der Waals surface area contributed by atoms with E-state index in [9.17, 15) is 4.79 Å². The van der Waals surface area contributed by atoms with Crippen LogP contribution in [0, 0.1) is 30.1 Å². The van der Waals surface area contributed by atoms with Crippen molar-refractivity contribution in [1.82, 2.24) is 5.32 Å². The molecular formula is C20H27NO. The van der Waals surface area contributed by atoms with E-state index in [4.69, 9.17) is 0 Å². The molecule has 2 heteroatoms. The highest BCUT2D eigenvalue weighted by Crippen LogP contribution is 2.61. The summed E-state index contributed by atoms with van der Waals surface area (Å²) in [7, 11) is 0. The van der Waals surface area contributed by atoms with E-state index >= 15 is 0 Å². The molecule has 1 N–H and O–H groups in total. The minimum atomic E-state index is 0.266. The summed E-state index contributed by atoms with van der Waals surface area (Å²) < 4.78 is 0. The molecule has 4 bridgehead atoms. The summed E-state index contributed by atoms with van der Waals surface area (Å²) in [4.78, 5) is 12.5. The minimum absolute atomic E-state index is 0.266. The Hall–Kier alpha value is -1.31. The third-order valence-corrected chi connectivity index (χ3v) is 6.31. The van der Waals surface area contributed by atoms with Gasteiger partial charge in [-0.05, 0) is 74.2 Å². The molecule has 118 valence electrons. The molecule has 5 rings (SSSR count). The van der Waals surface area contributed by atoms with Crippen LogP contribution in [0.15, 0.2) is 24.3 Å². The molecule has 1 aromatic carbocycles. The Balaban J connectivity index is 1.35. The van der Waals surface area contributed by atoms with Crippen molar-refractivity contribution in [2.45, 2.75) is 58.4 Å². The van der Waals surface area contributed by atoms with Crippen molar-refractivity contribution in [3.63, 3.8) is 0 Å². The first-order valence-corrected chi connectivity index (χ1v) is 8.92. The lowest BCUT2D eigenvalue weighted by molar-refractivity contribution is -0.129. The monoisotopic (exact) mass is 297 g/mol. The second-order valence-electron chi connectivity index (χ2n) is 8.36. The van der Waals surface area contributed by atoms with Crippen molar-refractivity contribution in [3.8, 4) is 0 Å². The average Bonchev–Trinajstić information content (AvgIpc) is 2.44. The fourth-order valence-corrected chi connectivity index (χ4v) is 5.82. The SMILES string of the molecule is Cc1ccc(CNC(=O)CC23CC4CC(CC(C4)C2)C3)cc1. The van der Waals surface area contributed by atoms with Gasteiger partial charge in [-0.1, -0.05) is 29.8 Å². The van der Waals surface area contributed by atoms with E-state index in [0.29, 0.717) is 12.0 Å². The number of carbonyl (C=O) groups excluding carboxylic acids is 1. The zero-order chi connectivity index (χ0) is 15.2. The Labute approximate surface area is 133 Å². The molecule has 0 radical (unpaired) electrons. The van der Waals surface area contributed by atoms with Crippen molar-refractivity contribution < 1.29 is 4.79 Å². The standard InChI is InChI=1S/C20H27NO/c1-14-2-4-15(5-3-14)13-21-19(22)12-20-9-16-6-17(10-20)8-18(7-16)11-20/h2-5,16-18H,6-13H2,1H3,(H,21,22). The summed E-state index contributed by atoms with van der Waals surface area (Å²) in [5.74, 6) is 3.05. The molecule has 4 saturated carbocycles. The molecule has 4 aliphatic rings. The molecule has 1 aromatic rings. The highest BCUT2D eigenvalue weighted by molar-refractivity contribution is 5.76. The number of nitrogens with one attached hydrogen (secondary N) is 1. The smallest absolute Gasteiger partial charge is 0.220 e. The number of hydrogen-bond acceptors (Lipinski definition) is 1. The van der Waals surface area contributed by atoms with Crippen molar-refractivity contribution >= 4 is 5.91 Å². The molecule has 0 aliphatic heterocycles. The molecule has 1 amide bonds. The molecule has 22 heavy (non-hydrogen) atoms. The van der Waals surface area contributed by atoms with E-state index < -0.39 is 0 Å². The molecule has 2 nitrogen and oxygen atoms in total. The lowest BCUT2D eigenvalue weighted by atomic mass is 9.49. The second kappa shape index (κ2) is 5.40. The van der Waals surface area contributed by atoms with Gasteiger partial charge in [-0.25, -0.2) is 0 Å². The molecule has 4 aliphatic carbocycles. The number of benzene rings is 1. The number of hydrogen-bond donors (Lipinski definition) is 1. The van der Waals surface area contributed by atoms with Crippen molar-refractivity contribution in [2.75, 3.05) is 0 Å². The van der Waals surface area contributed by atoms with E-state index in [-0.39, 0.29) is 5.91 Å². The first-order chi connectivity index (χ1) is 10.6. The van der Waals surface area contributed by atoms with Crippen molar-refractivity contribution in [3.05, 3.63) is 35.4 Å². The number of aryl methyl sites for hydroxylation is 1. The second-order valence-corrected chi connectivity index (χ2v) is 8.36. The summed E-state index contributed by atoms with van der Waals surface area (Å²) in [6.45, 7) is 2.76. The maximum atomic E-state index is 12.5. The lowest BCUT2D eigenvalue weighted by Crippen LogP contribution is -2.47. The molecule has 0 unspecified atom stereocenters. The predicted octanol–water partition coefficient (Wildman–Crippen LogP) is 4.22. The van der Waals surface area contributed by atoms with Gasteiger partial charge in [-0.3, -0.25) is 4.79 Å². The number of carbonyl (C=O) groups is 1. The first-order valence-electron chi connectivity index (χ1n) is 8.92. The van der Waals surface area contributed by atoms with Gasteiger partial charge in [0.2, 0.25) is 5.91 Å². The van der Waals surface area contributed by atoms with E-state index in [2.05, 4.69) is 36.5 Å². The van der Waals surface area contributed by atoms with Crippen LogP contribution in [-0.2, 0) is 11.3 Å². The highest BCUT2D eigenvalue weighted by atomic mass is 16.1. The van der Waals surface area contributed by atoms with Crippen molar-refractivity contribution in [1.29, 1.82) is 0 Å². The van der Waals surface area contributed by atoms with Crippen LogP contribution < -0.4 is 5.32 Å². The fraction of sp³-hybridized carbons (Fsp3) is 0.650. The van der Waals surface area contributed by atoms with Gasteiger partial charge in [0.15, 0.2) is 0 Å². The maximum absolute atomic E-state index is 12.5. The highest BCUT2D eigenvalue weighted by Gasteiger charge is 2.51. The molecule has 0 spiro atoms. The molecule has 0 heterocycles. The summed E-state index contributed by atoms with van der Waals surface area (Å²) in [6.07, 6.45) is 9.06. The third kappa shape index (κ3) is 2.80. The topological polar surface area (TPSA) is 29.1 Å². The summed E-state index contributed by atoms with van der Waals surface area (Å²) in [5.41, 5.74) is 2.82. The van der Waals surface area contributed by atoms with Crippen LogP contribution in [0.3, 0.4) is 0 Å². The first kappa shape index (κ1) is 14.3. The van der Waals surface area contributed by atoms with Gasteiger partial charge in [0.05, 0.1) is 0 Å². The van der Waals surface area contributed by atoms with Gasteiger partial charge in [-0.15, -0.1) is 0 Å². The minimum Gasteiger partial charge on any atom is -0.352 e. The Morgan fingerprint density at radius 1 is 1.05 bits per heavy atom. The molecule has 0 aromatic heterocycles. The molecule has 0 atom stereocenters. The molecule has 0 saturated heterocycles. The number of rotatable bonds is 4. The van der Waals surface area contributed by atoms with E-state index in [1.165, 1.54) is 49.7 Å². The zero-order valence-corrected chi connectivity index (χ0v) is 13.6. The average molecular weight is 297 g/mol. The van der Waals surface area contributed by atoms with Gasteiger partial charge in [0, 0.05) is 13.0 Å². The van der Waals surface area contributed by atoms with Gasteiger partial charge in [0.25, 0.3) is 0 Å². The van der Waals surface area contributed by atoms with Crippen LogP contribution in [0.1, 0.15) is 56.1 Å². The fourth-order valence-electron chi connectivity index (χ4n) is 5.82. The predicted molar refractivity (Wildman–Crippen MR) is 88.2 cm³/mol. The molecular weight excluding hydrogens is 270 g/mol. The summed E-state index contributed by atoms with van der Waals surface area (Å²) in [6, 6.07) is 8.45. The normalized spacial score (nSPS) is 35.6. The molecule has 4 fully saturated rings. The quantitative estimate of drug-likeness (QED) is 0.886. The van der Waals surface area contributed by atoms with Crippen LogP contribution in [0.25, 0.3) is 0 Å². The van der Waals surface area contributed by atoms with Crippen LogP contribution in [0.5, 0.6) is 0 Å². The Morgan fingerprint density at radius 3 is 2.14 bits per heavy atom. The van der Waals surface area contributed by atoms with Gasteiger partial charge in [0.1, 0.15) is 0 Å². The van der Waals surface area contributed by atoms with Gasteiger partial charge in [-0.2, -0.15) is 0 Å². The van der Waals surface area contributed by atoms with Gasteiger partial charge >= 0.3 is 0 Å². The maximum Gasteiger partial charge on any atom is 0.220 e. The summed E-state index contributed by atoms with van der Waals surface area (Å²) in [5, 5.41) is 3.15. The lowest BCUT2D eigenvalue weighted by Gasteiger charge is -2.56. The van der Waals surface area contributed by atoms with E-state index in [0.717, 1.165) is 24.2 Å². The van der Waals surface area contributed by atoms with Crippen LogP contribution in [0.2, 0.25) is 0 Å². The largest absolute Gasteiger partial charge is 0.352 e. The Bertz CT molecular complexity index is 524. The van der Waals surface area contributed by atoms with Crippen LogP contribution >= 0.6 is 0 Å². The van der Waals surface area contributed by atoms with Gasteiger partial charge < -0.3 is 5.32 Å². The Kier molecular flexibility index (Phi) is 3.51. The number of amides is 1.